The van der Waals surface area contributed by atoms with E-state index in [2.05, 4.69) is 15.4 Å². The lowest BCUT2D eigenvalue weighted by Crippen LogP contribution is -2.43. The molecule has 1 aromatic rings. The first-order chi connectivity index (χ1) is 7.94. The molecule has 1 aromatic heterocycles. The molecule has 1 atom stereocenters. The van der Waals surface area contributed by atoms with E-state index >= 15 is 0 Å². The zero-order valence-corrected chi connectivity index (χ0v) is 11.0. The molecule has 0 amide bonds. The molecule has 7 heteroatoms. The number of hydrogen-bond acceptors (Lipinski definition) is 5. The van der Waals surface area contributed by atoms with E-state index in [1.807, 2.05) is 13.8 Å². The van der Waals surface area contributed by atoms with Crippen molar-refractivity contribution in [2.75, 3.05) is 11.5 Å². The lowest BCUT2D eigenvalue weighted by molar-refractivity contribution is 0.384. The van der Waals surface area contributed by atoms with E-state index in [0.717, 1.165) is 12.4 Å². The Bertz CT molecular complexity index is 496. The molecule has 2 heterocycles. The molecule has 2 rings (SSSR count). The average molecular weight is 258 g/mol. The molecule has 0 radical (unpaired) electrons. The minimum absolute atomic E-state index is 0.209. The van der Waals surface area contributed by atoms with Crippen LogP contribution in [0, 0.1) is 0 Å². The van der Waals surface area contributed by atoms with Crippen LogP contribution in [0.4, 0.5) is 0 Å². The van der Waals surface area contributed by atoms with Gasteiger partial charge in [-0.15, -0.1) is 0 Å². The second-order valence-electron chi connectivity index (χ2n) is 4.75. The second kappa shape index (κ2) is 4.38. The van der Waals surface area contributed by atoms with Crippen LogP contribution in [0.5, 0.6) is 0 Å². The lowest BCUT2D eigenvalue weighted by Gasteiger charge is -2.23. The Balaban J connectivity index is 1.99. The third-order valence-electron chi connectivity index (χ3n) is 3.17. The van der Waals surface area contributed by atoms with E-state index < -0.39 is 9.84 Å². The van der Waals surface area contributed by atoms with Gasteiger partial charge >= 0.3 is 0 Å². The predicted octanol–water partition coefficient (Wildman–Crippen LogP) is -0.0352. The molecule has 6 nitrogen and oxygen atoms in total. The number of nitrogens with one attached hydrogen (secondary N) is 1. The van der Waals surface area contributed by atoms with E-state index in [4.69, 9.17) is 0 Å². The van der Waals surface area contributed by atoms with Gasteiger partial charge in [0, 0.05) is 12.1 Å². The SMILES string of the molecule is CCn1ncnc1CNC1(C)CCS(=O)(=O)C1. The molecule has 0 aliphatic carbocycles. The maximum absolute atomic E-state index is 11.5. The molecule has 17 heavy (non-hydrogen) atoms. The minimum atomic E-state index is -2.87. The molecule has 0 bridgehead atoms. The van der Waals surface area contributed by atoms with Crippen molar-refractivity contribution in [2.45, 2.75) is 38.9 Å². The van der Waals surface area contributed by atoms with Gasteiger partial charge in [-0.3, -0.25) is 0 Å². The summed E-state index contributed by atoms with van der Waals surface area (Å²) in [6, 6.07) is 0. The topological polar surface area (TPSA) is 76.9 Å². The first-order valence-corrected chi connectivity index (χ1v) is 7.58. The Morgan fingerprint density at radius 3 is 2.94 bits per heavy atom. The zero-order chi connectivity index (χ0) is 12.5. The maximum Gasteiger partial charge on any atom is 0.152 e. The summed E-state index contributed by atoms with van der Waals surface area (Å²) in [5.74, 6) is 1.33. The third kappa shape index (κ3) is 2.84. The fourth-order valence-electron chi connectivity index (χ4n) is 2.13. The first-order valence-electron chi connectivity index (χ1n) is 5.76. The van der Waals surface area contributed by atoms with Crippen molar-refractivity contribution in [2.24, 2.45) is 0 Å². The summed E-state index contributed by atoms with van der Waals surface area (Å²) in [5.41, 5.74) is -0.330. The van der Waals surface area contributed by atoms with Crippen LogP contribution in [0.25, 0.3) is 0 Å². The summed E-state index contributed by atoms with van der Waals surface area (Å²) < 4.78 is 24.7. The van der Waals surface area contributed by atoms with E-state index in [1.54, 1.807) is 4.68 Å². The third-order valence-corrected chi connectivity index (χ3v) is 5.07. The van der Waals surface area contributed by atoms with Crippen LogP contribution in [0.15, 0.2) is 6.33 Å². The number of aryl methyl sites for hydroxylation is 1. The number of sulfone groups is 1. The van der Waals surface area contributed by atoms with Crippen LogP contribution in [-0.2, 0) is 22.9 Å². The van der Waals surface area contributed by atoms with Gasteiger partial charge < -0.3 is 5.32 Å². The van der Waals surface area contributed by atoms with Crippen molar-refractivity contribution in [3.05, 3.63) is 12.2 Å². The van der Waals surface area contributed by atoms with Gasteiger partial charge in [0.05, 0.1) is 18.1 Å². The molecule has 96 valence electrons. The summed E-state index contributed by atoms with van der Waals surface area (Å²) in [5, 5.41) is 7.37. The van der Waals surface area contributed by atoms with Crippen molar-refractivity contribution >= 4 is 9.84 Å². The lowest BCUT2D eigenvalue weighted by atomic mass is 10.0. The van der Waals surface area contributed by atoms with Crippen molar-refractivity contribution in [1.82, 2.24) is 20.1 Å². The van der Waals surface area contributed by atoms with Crippen molar-refractivity contribution in [3.8, 4) is 0 Å². The van der Waals surface area contributed by atoms with E-state index in [1.165, 1.54) is 6.33 Å². The molecule has 1 unspecified atom stereocenters. The van der Waals surface area contributed by atoms with Crippen LogP contribution in [-0.4, -0.2) is 40.2 Å². The fraction of sp³-hybridized carbons (Fsp3) is 0.800. The molecule has 1 N–H and O–H groups in total. The van der Waals surface area contributed by atoms with E-state index in [-0.39, 0.29) is 17.0 Å². The largest absolute Gasteiger partial charge is 0.303 e. The number of aromatic nitrogens is 3. The van der Waals surface area contributed by atoms with Crippen LogP contribution in [0.1, 0.15) is 26.1 Å². The van der Waals surface area contributed by atoms with Gasteiger partial charge in [0.2, 0.25) is 0 Å². The van der Waals surface area contributed by atoms with Gasteiger partial charge in [0.1, 0.15) is 12.2 Å². The molecule has 1 fully saturated rings. The van der Waals surface area contributed by atoms with Crippen molar-refractivity contribution in [3.63, 3.8) is 0 Å². The van der Waals surface area contributed by atoms with E-state index in [0.29, 0.717) is 13.0 Å². The predicted molar refractivity (Wildman–Crippen MR) is 64.2 cm³/mol. The fourth-order valence-corrected chi connectivity index (χ4v) is 4.25. The second-order valence-corrected chi connectivity index (χ2v) is 6.93. The Labute approximate surface area is 101 Å². The van der Waals surface area contributed by atoms with Gasteiger partial charge in [-0.1, -0.05) is 0 Å². The van der Waals surface area contributed by atoms with Gasteiger partial charge in [-0.2, -0.15) is 5.10 Å². The molecule has 1 aliphatic rings. The molecular formula is C10H18N4O2S. The van der Waals surface area contributed by atoms with Crippen molar-refractivity contribution in [1.29, 1.82) is 0 Å². The van der Waals surface area contributed by atoms with Crippen LogP contribution < -0.4 is 5.32 Å². The number of hydrogen-bond donors (Lipinski definition) is 1. The van der Waals surface area contributed by atoms with Gasteiger partial charge in [0.25, 0.3) is 0 Å². The Kier molecular flexibility index (Phi) is 3.22. The van der Waals surface area contributed by atoms with Gasteiger partial charge in [0.15, 0.2) is 9.84 Å². The van der Waals surface area contributed by atoms with Crippen LogP contribution in [0.3, 0.4) is 0 Å². The molecule has 1 saturated heterocycles. The summed E-state index contributed by atoms with van der Waals surface area (Å²) >= 11 is 0. The standard InChI is InChI=1S/C10H18N4O2S/c1-3-14-9(11-8-13-14)6-12-10(2)4-5-17(15,16)7-10/h8,12H,3-7H2,1-2H3. The number of nitrogens with zero attached hydrogens (tertiary/aromatic N) is 3. The Morgan fingerprint density at radius 1 is 1.59 bits per heavy atom. The van der Waals surface area contributed by atoms with Crippen molar-refractivity contribution < 1.29 is 8.42 Å². The molecule has 0 spiro atoms. The maximum atomic E-state index is 11.5. The van der Waals surface area contributed by atoms with E-state index in [9.17, 15) is 8.42 Å². The highest BCUT2D eigenvalue weighted by Crippen LogP contribution is 2.23. The highest BCUT2D eigenvalue weighted by Gasteiger charge is 2.37. The minimum Gasteiger partial charge on any atom is -0.303 e. The average Bonchev–Trinajstić information content (AvgIpc) is 2.80. The number of rotatable bonds is 4. The monoisotopic (exact) mass is 258 g/mol. The molecular weight excluding hydrogens is 240 g/mol. The summed E-state index contributed by atoms with van der Waals surface area (Å²) in [6.45, 7) is 5.27. The summed E-state index contributed by atoms with van der Waals surface area (Å²) in [6.07, 6.45) is 2.18. The smallest absolute Gasteiger partial charge is 0.152 e. The van der Waals surface area contributed by atoms with Crippen LogP contribution >= 0.6 is 0 Å². The van der Waals surface area contributed by atoms with Gasteiger partial charge in [-0.05, 0) is 20.3 Å². The quantitative estimate of drug-likeness (QED) is 0.820. The highest BCUT2D eigenvalue weighted by atomic mass is 32.2. The molecule has 0 aromatic carbocycles. The highest BCUT2D eigenvalue weighted by molar-refractivity contribution is 7.91. The summed E-state index contributed by atoms with van der Waals surface area (Å²) in [4.78, 5) is 4.16. The van der Waals surface area contributed by atoms with Gasteiger partial charge in [-0.25, -0.2) is 18.1 Å². The first kappa shape index (κ1) is 12.5. The molecule has 1 aliphatic heterocycles. The normalized spacial score (nSPS) is 27.4. The van der Waals surface area contributed by atoms with Crippen LogP contribution in [0.2, 0.25) is 0 Å². The zero-order valence-electron chi connectivity index (χ0n) is 10.2. The Morgan fingerprint density at radius 2 is 2.35 bits per heavy atom. The summed E-state index contributed by atoms with van der Waals surface area (Å²) in [7, 11) is -2.87. The Hall–Kier alpha value is -0.950. The molecule has 0 saturated carbocycles.